The highest BCUT2D eigenvalue weighted by Crippen LogP contribution is 2.42. The molecule has 0 aliphatic rings. The number of anilines is 4. The molecule has 0 atom stereocenters. The summed E-state index contributed by atoms with van der Waals surface area (Å²) < 4.78 is 18.3. The summed E-state index contributed by atoms with van der Waals surface area (Å²) in [6, 6.07) is 30.5. The van der Waals surface area contributed by atoms with Gasteiger partial charge in [-0.05, 0) is 79.7 Å². The summed E-state index contributed by atoms with van der Waals surface area (Å²) in [5, 5.41) is 3.97. The van der Waals surface area contributed by atoms with E-state index in [0.717, 1.165) is 72.0 Å². The number of hydrogen-bond acceptors (Lipinski definition) is 6. The summed E-state index contributed by atoms with van der Waals surface area (Å²) in [5.41, 5.74) is 14.8. The fraction of sp³-hybridized carbons (Fsp3) is 0.0294. The van der Waals surface area contributed by atoms with Crippen molar-refractivity contribution in [3.8, 4) is 0 Å². The molecule has 0 bridgehead atoms. The predicted octanol–water partition coefficient (Wildman–Crippen LogP) is 9.71. The van der Waals surface area contributed by atoms with E-state index in [1.54, 1.807) is 6.20 Å². The van der Waals surface area contributed by atoms with Crippen LogP contribution in [0.2, 0.25) is 0 Å². The van der Waals surface area contributed by atoms with Crippen molar-refractivity contribution in [3.05, 3.63) is 109 Å². The predicted molar refractivity (Wildman–Crippen MR) is 162 cm³/mol. The number of furan rings is 3. The molecule has 192 valence electrons. The van der Waals surface area contributed by atoms with E-state index < -0.39 is 0 Å². The normalized spacial score (nSPS) is 12.1. The number of pyridine rings is 1. The third-order valence-electron chi connectivity index (χ3n) is 7.40. The summed E-state index contributed by atoms with van der Waals surface area (Å²) >= 11 is 0. The van der Waals surface area contributed by atoms with E-state index in [-0.39, 0.29) is 0 Å². The molecule has 6 nitrogen and oxygen atoms in total. The van der Waals surface area contributed by atoms with E-state index >= 15 is 0 Å². The average molecular weight is 522 g/mol. The van der Waals surface area contributed by atoms with Gasteiger partial charge >= 0.3 is 0 Å². The van der Waals surface area contributed by atoms with Crippen molar-refractivity contribution in [1.82, 2.24) is 4.98 Å². The lowest BCUT2D eigenvalue weighted by molar-refractivity contribution is 0.606. The molecule has 0 fully saturated rings. The second-order valence-corrected chi connectivity index (χ2v) is 9.81. The minimum absolute atomic E-state index is 0.614. The van der Waals surface area contributed by atoms with Crippen LogP contribution in [0, 0.1) is 0 Å². The molecule has 0 saturated carbocycles. The molecule has 8 rings (SSSR count). The van der Waals surface area contributed by atoms with Gasteiger partial charge in [-0.15, -0.1) is 0 Å². The molecule has 4 aromatic carbocycles. The lowest BCUT2D eigenvalue weighted by Crippen LogP contribution is -2.09. The Balaban J connectivity index is 1.37. The maximum atomic E-state index is 6.51. The van der Waals surface area contributed by atoms with Crippen LogP contribution in [0.25, 0.3) is 61.1 Å². The summed E-state index contributed by atoms with van der Waals surface area (Å²) in [7, 11) is 0. The fourth-order valence-electron chi connectivity index (χ4n) is 5.56. The number of nitrogens with two attached hydrogens (primary N) is 1. The number of rotatable bonds is 4. The van der Waals surface area contributed by atoms with Gasteiger partial charge in [0.05, 0.1) is 5.69 Å². The molecule has 4 heterocycles. The van der Waals surface area contributed by atoms with Gasteiger partial charge in [0.15, 0.2) is 11.3 Å². The van der Waals surface area contributed by atoms with Crippen LogP contribution in [0.4, 0.5) is 22.7 Å². The first-order valence-corrected chi connectivity index (χ1v) is 13.1. The number of nitrogens with zero attached hydrogens (tertiary/aromatic N) is 2. The molecule has 8 aromatic rings. The molecule has 0 aliphatic carbocycles. The molecule has 2 N–H and O–H groups in total. The standard InChI is InChI=1S/C34H23N3O3/c1-2-6-30-33(35)25-17-20(11-14-28(25)38-30)37(21-12-15-29-26(18-21)34-31(39-29)9-5-16-36-34)22-10-13-24-23-7-3-4-8-27(23)40-32(24)19-22/h2-19H,35H2,1H3/b6-2-. The quantitative estimate of drug-likeness (QED) is 0.248. The lowest BCUT2D eigenvalue weighted by Gasteiger charge is -2.25. The maximum Gasteiger partial charge on any atom is 0.153 e. The number of hydrogen-bond donors (Lipinski definition) is 1. The van der Waals surface area contributed by atoms with Gasteiger partial charge in [-0.25, -0.2) is 0 Å². The first kappa shape index (κ1) is 22.5. The summed E-state index contributed by atoms with van der Waals surface area (Å²) in [6.45, 7) is 1.94. The van der Waals surface area contributed by atoms with Crippen molar-refractivity contribution < 1.29 is 13.3 Å². The van der Waals surface area contributed by atoms with E-state index in [0.29, 0.717) is 11.4 Å². The van der Waals surface area contributed by atoms with Gasteiger partial charge < -0.3 is 23.9 Å². The van der Waals surface area contributed by atoms with E-state index in [2.05, 4.69) is 52.3 Å². The summed E-state index contributed by atoms with van der Waals surface area (Å²) in [6.07, 6.45) is 5.59. The van der Waals surface area contributed by atoms with Gasteiger partial charge in [-0.3, -0.25) is 4.98 Å². The Hall–Kier alpha value is -5.49. The highest BCUT2D eigenvalue weighted by Gasteiger charge is 2.19. The highest BCUT2D eigenvalue weighted by atomic mass is 16.3. The van der Waals surface area contributed by atoms with Crippen molar-refractivity contribution >= 4 is 83.8 Å². The van der Waals surface area contributed by atoms with Crippen molar-refractivity contribution in [2.45, 2.75) is 6.92 Å². The van der Waals surface area contributed by atoms with Gasteiger partial charge in [0.2, 0.25) is 0 Å². The largest absolute Gasteiger partial charge is 0.456 e. The molecule has 4 aromatic heterocycles. The van der Waals surface area contributed by atoms with Crippen LogP contribution < -0.4 is 10.6 Å². The Bertz CT molecular complexity index is 2270. The molecular formula is C34H23N3O3. The third-order valence-corrected chi connectivity index (χ3v) is 7.40. The number of aromatic nitrogens is 1. The van der Waals surface area contributed by atoms with Gasteiger partial charge in [0, 0.05) is 50.9 Å². The Morgan fingerprint density at radius 1 is 0.625 bits per heavy atom. The van der Waals surface area contributed by atoms with Crippen LogP contribution in [-0.2, 0) is 0 Å². The fourth-order valence-corrected chi connectivity index (χ4v) is 5.56. The molecule has 0 aliphatic heterocycles. The highest BCUT2D eigenvalue weighted by molar-refractivity contribution is 6.07. The van der Waals surface area contributed by atoms with Crippen LogP contribution in [0.5, 0.6) is 0 Å². The van der Waals surface area contributed by atoms with Gasteiger partial charge in [-0.1, -0.05) is 24.3 Å². The smallest absolute Gasteiger partial charge is 0.153 e. The number of benzene rings is 4. The van der Waals surface area contributed by atoms with Crippen LogP contribution in [0.3, 0.4) is 0 Å². The van der Waals surface area contributed by atoms with Crippen molar-refractivity contribution in [2.24, 2.45) is 0 Å². The second kappa shape index (κ2) is 8.51. The monoisotopic (exact) mass is 521 g/mol. The maximum absolute atomic E-state index is 6.51. The molecule has 0 amide bonds. The van der Waals surface area contributed by atoms with Crippen molar-refractivity contribution in [3.63, 3.8) is 0 Å². The first-order valence-electron chi connectivity index (χ1n) is 13.1. The zero-order chi connectivity index (χ0) is 26.8. The zero-order valence-electron chi connectivity index (χ0n) is 21.6. The van der Waals surface area contributed by atoms with E-state index in [4.69, 9.17) is 19.0 Å². The Labute approximate surface area is 228 Å². The Morgan fingerprint density at radius 3 is 2.12 bits per heavy atom. The minimum Gasteiger partial charge on any atom is -0.456 e. The van der Waals surface area contributed by atoms with Crippen LogP contribution >= 0.6 is 0 Å². The van der Waals surface area contributed by atoms with Crippen LogP contribution in [0.15, 0.2) is 117 Å². The average Bonchev–Trinajstić information content (AvgIpc) is 3.64. The number of fused-ring (bicyclic) bond motifs is 7. The van der Waals surface area contributed by atoms with Gasteiger partial charge in [-0.2, -0.15) is 0 Å². The molecule has 6 heteroatoms. The van der Waals surface area contributed by atoms with Crippen LogP contribution in [0.1, 0.15) is 12.7 Å². The number of nitrogen functional groups attached to an aromatic ring is 1. The zero-order valence-corrected chi connectivity index (χ0v) is 21.6. The molecular weight excluding hydrogens is 498 g/mol. The van der Waals surface area contributed by atoms with E-state index in [1.165, 1.54) is 0 Å². The van der Waals surface area contributed by atoms with Crippen molar-refractivity contribution in [2.75, 3.05) is 10.6 Å². The van der Waals surface area contributed by atoms with Crippen molar-refractivity contribution in [1.29, 1.82) is 0 Å². The van der Waals surface area contributed by atoms with Crippen LogP contribution in [-0.4, -0.2) is 4.98 Å². The first-order chi connectivity index (χ1) is 19.7. The third kappa shape index (κ3) is 3.33. The lowest BCUT2D eigenvalue weighted by atomic mass is 10.1. The molecule has 0 unspecified atom stereocenters. The molecule has 0 spiro atoms. The Morgan fingerprint density at radius 2 is 1.27 bits per heavy atom. The molecule has 0 radical (unpaired) electrons. The van der Waals surface area contributed by atoms with E-state index in [9.17, 15) is 0 Å². The van der Waals surface area contributed by atoms with Gasteiger partial charge in [0.1, 0.15) is 27.8 Å². The van der Waals surface area contributed by atoms with E-state index in [1.807, 2.05) is 67.6 Å². The second-order valence-electron chi connectivity index (χ2n) is 9.81. The number of para-hydroxylation sites is 1. The summed E-state index contributed by atoms with van der Waals surface area (Å²) in [5.74, 6) is 0.655. The SMILES string of the molecule is C/C=C\c1oc2ccc(N(c3ccc4c(c3)oc3ccccc34)c3ccc4oc5cccnc5c4c3)cc2c1N. The minimum atomic E-state index is 0.614. The van der Waals surface area contributed by atoms with Gasteiger partial charge in [0.25, 0.3) is 0 Å². The number of allylic oxidation sites excluding steroid dienone is 1. The molecule has 40 heavy (non-hydrogen) atoms. The Kier molecular flexibility index (Phi) is 4.79. The molecule has 0 saturated heterocycles. The topological polar surface area (TPSA) is 81.6 Å². The summed E-state index contributed by atoms with van der Waals surface area (Å²) in [4.78, 5) is 6.78.